The molecule has 1 heterocycles. The van der Waals surface area contributed by atoms with Crippen LogP contribution in [0.2, 0.25) is 0 Å². The highest BCUT2D eigenvalue weighted by molar-refractivity contribution is 5.72. The van der Waals surface area contributed by atoms with Gasteiger partial charge in [-0.05, 0) is 27.1 Å². The number of hydrogen-bond acceptors (Lipinski definition) is 4. The summed E-state index contributed by atoms with van der Waals surface area (Å²) in [5.41, 5.74) is 0. The molecule has 4 heteroatoms. The van der Waals surface area contributed by atoms with Crippen molar-refractivity contribution in [1.29, 1.82) is 0 Å². The van der Waals surface area contributed by atoms with Crippen molar-refractivity contribution in [2.24, 2.45) is 9.98 Å². The number of aliphatic imine (C=N–C) groups is 2. The molecular formula is C8H16N4. The Bertz CT molecular complexity index is 174. The first-order valence-corrected chi connectivity index (χ1v) is 4.19. The molecule has 1 aliphatic rings. The van der Waals surface area contributed by atoms with Gasteiger partial charge in [0.1, 0.15) is 13.0 Å². The molecule has 0 N–H and O–H groups in total. The molecule has 0 atom stereocenters. The van der Waals surface area contributed by atoms with Crippen LogP contribution < -0.4 is 0 Å². The summed E-state index contributed by atoms with van der Waals surface area (Å²) in [5, 5.41) is 0. The average Bonchev–Trinajstić information content (AvgIpc) is 2.05. The minimum Gasteiger partial charge on any atom is -0.343 e. The van der Waals surface area contributed by atoms with Gasteiger partial charge >= 0.3 is 0 Å². The summed E-state index contributed by atoms with van der Waals surface area (Å²) in [5.74, 6) is 0. The predicted octanol–water partition coefficient (Wildman–Crippen LogP) is 0.268. The van der Waals surface area contributed by atoms with E-state index in [9.17, 15) is 0 Å². The topological polar surface area (TPSA) is 31.2 Å². The fraction of sp³-hybridized carbons (Fsp3) is 0.750. The second-order valence-electron chi connectivity index (χ2n) is 3.17. The summed E-state index contributed by atoms with van der Waals surface area (Å²) in [6, 6.07) is 0. The van der Waals surface area contributed by atoms with Gasteiger partial charge in [0.2, 0.25) is 0 Å². The Hall–Kier alpha value is -0.900. The average molecular weight is 168 g/mol. The molecule has 4 nitrogen and oxygen atoms in total. The predicted molar refractivity (Wildman–Crippen MR) is 51.7 cm³/mol. The van der Waals surface area contributed by atoms with Crippen molar-refractivity contribution in [3.05, 3.63) is 0 Å². The zero-order chi connectivity index (χ0) is 8.81. The molecule has 0 spiro atoms. The number of hydrogen-bond donors (Lipinski definition) is 0. The molecule has 0 unspecified atom stereocenters. The molecule has 0 aromatic heterocycles. The lowest BCUT2D eigenvalue weighted by molar-refractivity contribution is 0.355. The largest absolute Gasteiger partial charge is 0.343 e. The number of rotatable bonds is 4. The van der Waals surface area contributed by atoms with Crippen LogP contribution in [0.3, 0.4) is 0 Å². The Morgan fingerprint density at radius 2 is 2.33 bits per heavy atom. The first-order chi connectivity index (χ1) is 5.79. The number of nitrogens with zero attached hydrogens (tertiary/aromatic N) is 4. The summed E-state index contributed by atoms with van der Waals surface area (Å²) in [6.07, 6.45) is 4.61. The molecule has 1 rings (SSSR count). The highest BCUT2D eigenvalue weighted by Gasteiger charge is 2.00. The fourth-order valence-electron chi connectivity index (χ4n) is 1.07. The van der Waals surface area contributed by atoms with Crippen LogP contribution in [0.1, 0.15) is 6.42 Å². The van der Waals surface area contributed by atoms with E-state index in [0.29, 0.717) is 0 Å². The molecular weight excluding hydrogens is 152 g/mol. The molecule has 68 valence electrons. The van der Waals surface area contributed by atoms with Gasteiger partial charge in [-0.2, -0.15) is 0 Å². The minimum atomic E-state index is 0.761. The smallest absolute Gasteiger partial charge is 0.113 e. The summed E-state index contributed by atoms with van der Waals surface area (Å²) in [7, 11) is 4.17. The molecule has 0 aromatic rings. The summed E-state index contributed by atoms with van der Waals surface area (Å²) >= 11 is 0. The monoisotopic (exact) mass is 168 g/mol. The van der Waals surface area contributed by atoms with E-state index in [1.807, 2.05) is 6.34 Å². The van der Waals surface area contributed by atoms with Gasteiger partial charge in [0, 0.05) is 6.54 Å². The van der Waals surface area contributed by atoms with Gasteiger partial charge in [-0.1, -0.05) is 0 Å². The third-order valence-electron chi connectivity index (χ3n) is 1.69. The van der Waals surface area contributed by atoms with E-state index in [1.54, 1.807) is 6.34 Å². The third-order valence-corrected chi connectivity index (χ3v) is 1.69. The van der Waals surface area contributed by atoms with Gasteiger partial charge in [0.15, 0.2) is 0 Å². The molecule has 12 heavy (non-hydrogen) atoms. The van der Waals surface area contributed by atoms with E-state index in [1.165, 1.54) is 0 Å². The maximum Gasteiger partial charge on any atom is 0.113 e. The highest BCUT2D eigenvalue weighted by atomic mass is 15.2. The van der Waals surface area contributed by atoms with E-state index in [2.05, 4.69) is 33.9 Å². The van der Waals surface area contributed by atoms with Gasteiger partial charge in [0.25, 0.3) is 0 Å². The Balaban J connectivity index is 2.07. The van der Waals surface area contributed by atoms with Crippen LogP contribution in [0, 0.1) is 0 Å². The van der Waals surface area contributed by atoms with Crippen molar-refractivity contribution >= 4 is 12.7 Å². The van der Waals surface area contributed by atoms with Gasteiger partial charge in [-0.3, -0.25) is 4.99 Å². The van der Waals surface area contributed by atoms with Crippen LogP contribution in [0.4, 0.5) is 0 Å². The standard InChI is InChI=1S/C8H16N4/c1-11(2)4-3-5-12-7-9-6-10-8-12/h6-7H,3-5,8H2,1-2H3. The van der Waals surface area contributed by atoms with Crippen LogP contribution >= 0.6 is 0 Å². The summed E-state index contributed by atoms with van der Waals surface area (Å²) in [6.45, 7) is 2.92. The van der Waals surface area contributed by atoms with E-state index >= 15 is 0 Å². The summed E-state index contributed by atoms with van der Waals surface area (Å²) < 4.78 is 0. The van der Waals surface area contributed by atoms with Crippen LogP contribution in [0.5, 0.6) is 0 Å². The molecule has 0 aliphatic carbocycles. The Morgan fingerprint density at radius 3 is 2.92 bits per heavy atom. The maximum absolute atomic E-state index is 4.05. The fourth-order valence-corrected chi connectivity index (χ4v) is 1.07. The molecule has 0 radical (unpaired) electrons. The Labute approximate surface area is 73.6 Å². The maximum atomic E-state index is 4.05. The lowest BCUT2D eigenvalue weighted by atomic mass is 10.4. The molecule has 0 bridgehead atoms. The first-order valence-electron chi connectivity index (χ1n) is 4.19. The molecule has 0 saturated heterocycles. The molecule has 0 fully saturated rings. The molecule has 0 amide bonds. The van der Waals surface area contributed by atoms with Crippen molar-refractivity contribution in [3.63, 3.8) is 0 Å². The molecule has 1 aliphatic heterocycles. The van der Waals surface area contributed by atoms with Gasteiger partial charge in [0.05, 0.1) is 6.34 Å². The second-order valence-corrected chi connectivity index (χ2v) is 3.17. The lowest BCUT2D eigenvalue weighted by Crippen LogP contribution is -2.28. The highest BCUT2D eigenvalue weighted by Crippen LogP contribution is 1.93. The van der Waals surface area contributed by atoms with Crippen LogP contribution in [-0.4, -0.2) is 56.3 Å². The lowest BCUT2D eigenvalue weighted by Gasteiger charge is -2.19. The van der Waals surface area contributed by atoms with Gasteiger partial charge < -0.3 is 9.80 Å². The third kappa shape index (κ3) is 3.48. The molecule has 0 saturated carbocycles. The second kappa shape index (κ2) is 4.87. The van der Waals surface area contributed by atoms with E-state index in [0.717, 1.165) is 26.2 Å². The zero-order valence-electron chi connectivity index (χ0n) is 7.77. The van der Waals surface area contributed by atoms with Crippen molar-refractivity contribution in [3.8, 4) is 0 Å². The van der Waals surface area contributed by atoms with E-state index in [-0.39, 0.29) is 0 Å². The van der Waals surface area contributed by atoms with Crippen LogP contribution in [0.15, 0.2) is 9.98 Å². The van der Waals surface area contributed by atoms with Gasteiger partial charge in [-0.15, -0.1) is 0 Å². The van der Waals surface area contributed by atoms with Crippen molar-refractivity contribution < 1.29 is 0 Å². The Morgan fingerprint density at radius 1 is 1.50 bits per heavy atom. The molecule has 0 aromatic carbocycles. The van der Waals surface area contributed by atoms with E-state index in [4.69, 9.17) is 0 Å². The SMILES string of the molecule is CN(C)CCCN1C=NC=NC1. The minimum absolute atomic E-state index is 0.761. The van der Waals surface area contributed by atoms with Crippen molar-refractivity contribution in [2.45, 2.75) is 6.42 Å². The first kappa shape index (κ1) is 9.19. The van der Waals surface area contributed by atoms with Gasteiger partial charge in [-0.25, -0.2) is 4.99 Å². The quantitative estimate of drug-likeness (QED) is 0.603. The van der Waals surface area contributed by atoms with Crippen LogP contribution in [0.25, 0.3) is 0 Å². The van der Waals surface area contributed by atoms with E-state index < -0.39 is 0 Å². The van der Waals surface area contributed by atoms with Crippen molar-refractivity contribution in [1.82, 2.24) is 9.80 Å². The summed E-state index contributed by atoms with van der Waals surface area (Å²) in [4.78, 5) is 12.3. The zero-order valence-corrected chi connectivity index (χ0v) is 7.77. The Kier molecular flexibility index (Phi) is 3.73. The normalized spacial score (nSPS) is 16.1. The van der Waals surface area contributed by atoms with Crippen molar-refractivity contribution in [2.75, 3.05) is 33.9 Å². The van der Waals surface area contributed by atoms with Crippen LogP contribution in [-0.2, 0) is 0 Å².